The van der Waals surface area contributed by atoms with Gasteiger partial charge in [-0.3, -0.25) is 4.79 Å². The molecule has 2 rings (SSSR count). The highest BCUT2D eigenvalue weighted by atomic mass is 16.3. The van der Waals surface area contributed by atoms with Gasteiger partial charge >= 0.3 is 0 Å². The average molecular weight is 262 g/mol. The van der Waals surface area contributed by atoms with Crippen LogP contribution in [0.15, 0.2) is 18.5 Å². The van der Waals surface area contributed by atoms with Crippen molar-refractivity contribution in [1.29, 1.82) is 0 Å². The molecule has 19 heavy (non-hydrogen) atoms. The molecule has 1 unspecified atom stereocenters. The number of carbonyl (C=O) groups excluding carboxylic acids is 1. The molecule has 0 radical (unpaired) electrons. The molecule has 0 bridgehead atoms. The molecule has 102 valence electrons. The number of carbonyl (C=O) groups is 1. The molecule has 1 atom stereocenters. The van der Waals surface area contributed by atoms with E-state index in [9.17, 15) is 9.90 Å². The minimum Gasteiger partial charge on any atom is -0.393 e. The van der Waals surface area contributed by atoms with Gasteiger partial charge in [0.05, 0.1) is 11.8 Å². The fraction of sp³-hybridized carbons (Fsp3) is 0.462. The smallest absolute Gasteiger partial charge is 0.259 e. The lowest BCUT2D eigenvalue weighted by atomic mass is 10.2. The first-order valence-corrected chi connectivity index (χ1v) is 6.24. The fourth-order valence-electron chi connectivity index (χ4n) is 1.92. The number of hydrogen-bond donors (Lipinski definition) is 1. The number of aromatic nitrogens is 3. The third-order valence-electron chi connectivity index (χ3n) is 3.01. The Morgan fingerprint density at radius 2 is 2.32 bits per heavy atom. The van der Waals surface area contributed by atoms with Crippen LogP contribution in [0.4, 0.5) is 0 Å². The Morgan fingerprint density at radius 1 is 1.58 bits per heavy atom. The second kappa shape index (κ2) is 5.36. The highest BCUT2D eigenvalue weighted by Crippen LogP contribution is 2.15. The first-order chi connectivity index (χ1) is 9.00. The van der Waals surface area contributed by atoms with Gasteiger partial charge in [0.2, 0.25) is 0 Å². The van der Waals surface area contributed by atoms with E-state index in [0.29, 0.717) is 29.9 Å². The van der Waals surface area contributed by atoms with Crippen LogP contribution in [-0.2, 0) is 0 Å². The largest absolute Gasteiger partial charge is 0.393 e. The standard InChI is InChI=1S/C13H18N4O2/c1-9(18)5-8-16(3)13(19)11-10(2)15-17-7-4-6-14-12(11)17/h4,6-7,9,18H,5,8H2,1-3H3. The molecular weight excluding hydrogens is 244 g/mol. The summed E-state index contributed by atoms with van der Waals surface area (Å²) in [5.41, 5.74) is 1.75. The van der Waals surface area contributed by atoms with Crippen molar-refractivity contribution in [1.82, 2.24) is 19.5 Å². The second-order valence-corrected chi connectivity index (χ2v) is 4.71. The second-order valence-electron chi connectivity index (χ2n) is 4.71. The zero-order chi connectivity index (χ0) is 14.0. The van der Waals surface area contributed by atoms with Crippen LogP contribution in [0.25, 0.3) is 5.65 Å². The normalized spacial score (nSPS) is 12.6. The molecule has 1 N–H and O–H groups in total. The number of rotatable bonds is 4. The van der Waals surface area contributed by atoms with E-state index in [0.717, 1.165) is 0 Å². The maximum Gasteiger partial charge on any atom is 0.259 e. The quantitative estimate of drug-likeness (QED) is 0.888. The van der Waals surface area contributed by atoms with Gasteiger partial charge in [0, 0.05) is 26.0 Å². The van der Waals surface area contributed by atoms with E-state index in [1.54, 1.807) is 48.8 Å². The van der Waals surface area contributed by atoms with Crippen LogP contribution in [0.2, 0.25) is 0 Å². The van der Waals surface area contributed by atoms with E-state index in [1.807, 2.05) is 0 Å². The number of hydrogen-bond acceptors (Lipinski definition) is 4. The van der Waals surface area contributed by atoms with Crippen molar-refractivity contribution >= 4 is 11.6 Å². The van der Waals surface area contributed by atoms with Gasteiger partial charge in [-0.2, -0.15) is 5.10 Å². The van der Waals surface area contributed by atoms with Crippen molar-refractivity contribution in [2.24, 2.45) is 0 Å². The van der Waals surface area contributed by atoms with Crippen LogP contribution in [0, 0.1) is 6.92 Å². The summed E-state index contributed by atoms with van der Waals surface area (Å²) < 4.78 is 1.60. The summed E-state index contributed by atoms with van der Waals surface area (Å²) >= 11 is 0. The van der Waals surface area contributed by atoms with Gasteiger partial charge in [-0.15, -0.1) is 0 Å². The number of aryl methyl sites for hydroxylation is 1. The van der Waals surface area contributed by atoms with Crippen molar-refractivity contribution in [3.05, 3.63) is 29.7 Å². The van der Waals surface area contributed by atoms with E-state index in [1.165, 1.54) is 0 Å². The topological polar surface area (TPSA) is 70.7 Å². The first-order valence-electron chi connectivity index (χ1n) is 6.24. The minimum atomic E-state index is -0.418. The third-order valence-corrected chi connectivity index (χ3v) is 3.01. The lowest BCUT2D eigenvalue weighted by Gasteiger charge is -2.17. The van der Waals surface area contributed by atoms with Gasteiger partial charge in [-0.1, -0.05) is 0 Å². The minimum absolute atomic E-state index is 0.119. The van der Waals surface area contributed by atoms with Crippen molar-refractivity contribution in [2.75, 3.05) is 13.6 Å². The Bertz CT molecular complexity index is 591. The lowest BCUT2D eigenvalue weighted by molar-refractivity contribution is 0.0770. The molecular formula is C13H18N4O2. The Kier molecular flexibility index (Phi) is 3.80. The monoisotopic (exact) mass is 262 g/mol. The SMILES string of the molecule is Cc1nn2cccnc2c1C(=O)N(C)CCC(C)O. The van der Waals surface area contributed by atoms with E-state index >= 15 is 0 Å². The van der Waals surface area contributed by atoms with Crippen molar-refractivity contribution < 1.29 is 9.90 Å². The summed E-state index contributed by atoms with van der Waals surface area (Å²) in [5, 5.41) is 13.5. The fourth-order valence-corrected chi connectivity index (χ4v) is 1.92. The molecule has 0 fully saturated rings. The van der Waals surface area contributed by atoms with E-state index in [-0.39, 0.29) is 5.91 Å². The number of nitrogens with zero attached hydrogens (tertiary/aromatic N) is 4. The molecule has 2 heterocycles. The van der Waals surface area contributed by atoms with Crippen molar-refractivity contribution in [3.63, 3.8) is 0 Å². The Hall–Kier alpha value is -1.95. The first kappa shape index (κ1) is 13.5. The Balaban J connectivity index is 2.28. The zero-order valence-electron chi connectivity index (χ0n) is 11.4. The molecule has 0 aliphatic carbocycles. The van der Waals surface area contributed by atoms with Crippen LogP contribution < -0.4 is 0 Å². The van der Waals surface area contributed by atoms with Gasteiger partial charge in [-0.25, -0.2) is 9.50 Å². The van der Waals surface area contributed by atoms with Gasteiger partial charge in [0.15, 0.2) is 5.65 Å². The summed E-state index contributed by atoms with van der Waals surface area (Å²) in [5.74, 6) is -0.119. The van der Waals surface area contributed by atoms with Crippen LogP contribution in [0.3, 0.4) is 0 Å². The maximum atomic E-state index is 12.4. The molecule has 0 aromatic carbocycles. The van der Waals surface area contributed by atoms with E-state index in [4.69, 9.17) is 0 Å². The van der Waals surface area contributed by atoms with Crippen LogP contribution in [0.1, 0.15) is 29.4 Å². The van der Waals surface area contributed by atoms with E-state index in [2.05, 4.69) is 10.1 Å². The Labute approximate surface area is 111 Å². The van der Waals surface area contributed by atoms with Gasteiger partial charge in [-0.05, 0) is 26.3 Å². The molecule has 2 aromatic rings. The summed E-state index contributed by atoms with van der Waals surface area (Å²) in [6, 6.07) is 1.77. The molecule has 0 spiro atoms. The zero-order valence-corrected chi connectivity index (χ0v) is 11.4. The predicted octanol–water partition coefficient (Wildman–Crippen LogP) is 0.881. The number of fused-ring (bicyclic) bond motifs is 1. The average Bonchev–Trinajstić information content (AvgIpc) is 2.70. The van der Waals surface area contributed by atoms with Crippen LogP contribution in [0.5, 0.6) is 0 Å². The molecule has 0 saturated heterocycles. The van der Waals surface area contributed by atoms with E-state index < -0.39 is 6.10 Å². The summed E-state index contributed by atoms with van der Waals surface area (Å²) in [7, 11) is 1.72. The molecule has 6 heteroatoms. The highest BCUT2D eigenvalue weighted by molar-refractivity contribution is 6.00. The molecule has 2 aromatic heterocycles. The van der Waals surface area contributed by atoms with Gasteiger partial charge < -0.3 is 10.0 Å². The van der Waals surface area contributed by atoms with Crippen LogP contribution >= 0.6 is 0 Å². The van der Waals surface area contributed by atoms with Crippen LogP contribution in [-0.4, -0.2) is 50.2 Å². The molecule has 6 nitrogen and oxygen atoms in total. The predicted molar refractivity (Wildman–Crippen MR) is 71.0 cm³/mol. The summed E-state index contributed by atoms with van der Waals surface area (Å²) in [6.45, 7) is 4.00. The lowest BCUT2D eigenvalue weighted by Crippen LogP contribution is -2.29. The number of amides is 1. The molecule has 0 aliphatic heterocycles. The third kappa shape index (κ3) is 2.73. The van der Waals surface area contributed by atoms with Gasteiger partial charge in [0.25, 0.3) is 5.91 Å². The summed E-state index contributed by atoms with van der Waals surface area (Å²) in [4.78, 5) is 18.2. The van der Waals surface area contributed by atoms with Crippen molar-refractivity contribution in [2.45, 2.75) is 26.4 Å². The maximum absolute atomic E-state index is 12.4. The molecule has 0 aliphatic rings. The molecule has 1 amide bonds. The highest BCUT2D eigenvalue weighted by Gasteiger charge is 2.21. The number of aliphatic hydroxyl groups is 1. The summed E-state index contributed by atoms with van der Waals surface area (Å²) in [6.07, 6.45) is 3.54. The number of aliphatic hydroxyl groups excluding tert-OH is 1. The Morgan fingerprint density at radius 3 is 3.00 bits per heavy atom. The van der Waals surface area contributed by atoms with Gasteiger partial charge in [0.1, 0.15) is 5.56 Å². The molecule has 0 saturated carbocycles. The van der Waals surface area contributed by atoms with Crippen molar-refractivity contribution in [3.8, 4) is 0 Å².